The summed E-state index contributed by atoms with van der Waals surface area (Å²) in [4.78, 5) is 12.0. The maximum absolute atomic E-state index is 12.0. The summed E-state index contributed by atoms with van der Waals surface area (Å²) in [7, 11) is 0. The Morgan fingerprint density at radius 2 is 1.95 bits per heavy atom. The van der Waals surface area contributed by atoms with Crippen LogP contribution in [0.3, 0.4) is 0 Å². The number of nitrogens with one attached hydrogen (secondary N) is 1. The number of carbonyl (C=O) groups is 1. The van der Waals surface area contributed by atoms with Crippen molar-refractivity contribution in [2.45, 2.75) is 6.42 Å². The maximum atomic E-state index is 12.0. The number of amides is 1. The lowest BCUT2D eigenvalue weighted by atomic mass is 10.1. The van der Waals surface area contributed by atoms with Gasteiger partial charge in [-0.15, -0.1) is 0 Å². The van der Waals surface area contributed by atoms with E-state index in [1.807, 2.05) is 0 Å². The van der Waals surface area contributed by atoms with Gasteiger partial charge in [0.25, 0.3) is 5.91 Å². The number of carbonyl (C=O) groups excluding carboxylic acids is 1. The highest BCUT2D eigenvalue weighted by Crippen LogP contribution is 2.23. The Bertz CT molecular complexity index is 675. The van der Waals surface area contributed by atoms with Crippen LogP contribution < -0.4 is 5.32 Å². The van der Waals surface area contributed by atoms with Crippen LogP contribution in [0.4, 0.5) is 5.69 Å². The number of benzene rings is 2. The first kappa shape index (κ1) is 14.1. The van der Waals surface area contributed by atoms with E-state index in [0.717, 1.165) is 5.56 Å². The molecular formula is C15H11BrN2O2. The standard InChI is InChI=1S/C15H11BrN2O2/c16-11-3-6-13(14(19)9-11)15(20)18-12-4-1-10(2-5-12)7-8-17/h1-6,9,19H,7H2,(H,18,20). The second-order valence-corrected chi connectivity index (χ2v) is 5.06. The smallest absolute Gasteiger partial charge is 0.259 e. The Balaban J connectivity index is 2.13. The number of nitriles is 1. The zero-order chi connectivity index (χ0) is 14.5. The minimum Gasteiger partial charge on any atom is -0.507 e. The number of halogens is 1. The molecule has 0 spiro atoms. The van der Waals surface area contributed by atoms with Gasteiger partial charge in [0.1, 0.15) is 5.75 Å². The molecule has 0 radical (unpaired) electrons. The van der Waals surface area contributed by atoms with Crippen LogP contribution >= 0.6 is 15.9 Å². The highest BCUT2D eigenvalue weighted by atomic mass is 79.9. The maximum Gasteiger partial charge on any atom is 0.259 e. The number of phenols is 1. The minimum absolute atomic E-state index is 0.0852. The fourth-order valence-electron chi connectivity index (χ4n) is 1.69. The monoisotopic (exact) mass is 330 g/mol. The third kappa shape index (κ3) is 3.37. The molecule has 2 aromatic rings. The van der Waals surface area contributed by atoms with Crippen molar-refractivity contribution < 1.29 is 9.90 Å². The summed E-state index contributed by atoms with van der Waals surface area (Å²) >= 11 is 3.22. The van der Waals surface area contributed by atoms with Crippen LogP contribution in [-0.2, 0) is 6.42 Å². The summed E-state index contributed by atoms with van der Waals surface area (Å²) in [6.07, 6.45) is 0.335. The normalized spacial score (nSPS) is 9.80. The van der Waals surface area contributed by atoms with E-state index >= 15 is 0 Å². The molecule has 0 fully saturated rings. The summed E-state index contributed by atoms with van der Waals surface area (Å²) in [5.41, 5.74) is 1.70. The zero-order valence-electron chi connectivity index (χ0n) is 10.4. The molecule has 5 heteroatoms. The van der Waals surface area contributed by atoms with Crippen molar-refractivity contribution in [1.82, 2.24) is 0 Å². The Labute approximate surface area is 124 Å². The summed E-state index contributed by atoms with van der Waals surface area (Å²) in [5, 5.41) is 21.0. The van der Waals surface area contributed by atoms with Crippen LogP contribution in [0.15, 0.2) is 46.9 Å². The number of rotatable bonds is 3. The Hall–Kier alpha value is -2.32. The molecule has 2 N–H and O–H groups in total. The van der Waals surface area contributed by atoms with Crippen LogP contribution in [-0.4, -0.2) is 11.0 Å². The quantitative estimate of drug-likeness (QED) is 0.904. The molecule has 0 saturated carbocycles. The molecule has 0 atom stereocenters. The van der Waals surface area contributed by atoms with Gasteiger partial charge in [0.05, 0.1) is 18.1 Å². The molecule has 1 amide bonds. The highest BCUT2D eigenvalue weighted by molar-refractivity contribution is 9.10. The minimum atomic E-state index is -0.386. The molecule has 2 rings (SSSR count). The number of nitrogens with zero attached hydrogens (tertiary/aromatic N) is 1. The first-order valence-electron chi connectivity index (χ1n) is 5.86. The molecule has 0 aliphatic carbocycles. The Morgan fingerprint density at radius 1 is 1.25 bits per heavy atom. The fraction of sp³-hybridized carbons (Fsp3) is 0.0667. The predicted molar refractivity (Wildman–Crippen MR) is 79.5 cm³/mol. The van der Waals surface area contributed by atoms with Gasteiger partial charge in [0.2, 0.25) is 0 Å². The van der Waals surface area contributed by atoms with Crippen LogP contribution in [0.25, 0.3) is 0 Å². The average Bonchev–Trinajstić information content (AvgIpc) is 2.41. The summed E-state index contributed by atoms with van der Waals surface area (Å²) in [5.74, 6) is -0.471. The largest absolute Gasteiger partial charge is 0.507 e. The molecule has 0 heterocycles. The van der Waals surface area contributed by atoms with Crippen LogP contribution in [0.5, 0.6) is 5.75 Å². The van der Waals surface area contributed by atoms with Crippen LogP contribution in [0, 0.1) is 11.3 Å². The lowest BCUT2D eigenvalue weighted by Crippen LogP contribution is -2.12. The van der Waals surface area contributed by atoms with E-state index in [2.05, 4.69) is 27.3 Å². The lowest BCUT2D eigenvalue weighted by molar-refractivity contribution is 0.102. The molecule has 20 heavy (non-hydrogen) atoms. The third-order valence-corrected chi connectivity index (χ3v) is 3.19. The SMILES string of the molecule is N#CCc1ccc(NC(=O)c2ccc(Br)cc2O)cc1. The van der Waals surface area contributed by atoms with Gasteiger partial charge in [0, 0.05) is 10.2 Å². The number of anilines is 1. The molecule has 0 bridgehead atoms. The first-order valence-corrected chi connectivity index (χ1v) is 6.65. The van der Waals surface area contributed by atoms with Crippen LogP contribution in [0.1, 0.15) is 15.9 Å². The summed E-state index contributed by atoms with van der Waals surface area (Å²) in [6.45, 7) is 0. The molecule has 0 aliphatic rings. The highest BCUT2D eigenvalue weighted by Gasteiger charge is 2.11. The lowest BCUT2D eigenvalue weighted by Gasteiger charge is -2.07. The Morgan fingerprint density at radius 3 is 2.55 bits per heavy atom. The average molecular weight is 331 g/mol. The van der Waals surface area contributed by atoms with Gasteiger partial charge in [-0.25, -0.2) is 0 Å². The van der Waals surface area contributed by atoms with Crippen LogP contribution in [0.2, 0.25) is 0 Å². The number of hydrogen-bond donors (Lipinski definition) is 2. The van der Waals surface area contributed by atoms with Crippen molar-refractivity contribution in [3.05, 3.63) is 58.1 Å². The van der Waals surface area contributed by atoms with E-state index in [0.29, 0.717) is 16.6 Å². The van der Waals surface area contributed by atoms with Crippen molar-refractivity contribution >= 4 is 27.5 Å². The van der Waals surface area contributed by atoms with Gasteiger partial charge in [0.15, 0.2) is 0 Å². The number of phenolic OH excluding ortho intramolecular Hbond substituents is 1. The van der Waals surface area contributed by atoms with E-state index in [1.165, 1.54) is 6.07 Å². The van der Waals surface area contributed by atoms with E-state index in [1.54, 1.807) is 36.4 Å². The van der Waals surface area contributed by atoms with Gasteiger partial charge >= 0.3 is 0 Å². The Kier molecular flexibility index (Phi) is 4.38. The van der Waals surface area contributed by atoms with Gasteiger partial charge in [-0.1, -0.05) is 28.1 Å². The fourth-order valence-corrected chi connectivity index (χ4v) is 2.04. The summed E-state index contributed by atoms with van der Waals surface area (Å²) in [6, 6.07) is 13.7. The van der Waals surface area contributed by atoms with Gasteiger partial charge in [-0.05, 0) is 35.9 Å². The van der Waals surface area contributed by atoms with Crippen molar-refractivity contribution in [1.29, 1.82) is 5.26 Å². The molecule has 0 aliphatic heterocycles. The van der Waals surface area contributed by atoms with Gasteiger partial charge < -0.3 is 10.4 Å². The zero-order valence-corrected chi connectivity index (χ0v) is 12.0. The second-order valence-electron chi connectivity index (χ2n) is 4.15. The molecular weight excluding hydrogens is 320 g/mol. The van der Waals surface area contributed by atoms with Crippen molar-refractivity contribution in [3.63, 3.8) is 0 Å². The predicted octanol–water partition coefficient (Wildman–Crippen LogP) is 3.47. The number of hydrogen-bond acceptors (Lipinski definition) is 3. The third-order valence-electron chi connectivity index (χ3n) is 2.70. The molecule has 4 nitrogen and oxygen atoms in total. The topological polar surface area (TPSA) is 73.1 Å². The van der Waals surface area contributed by atoms with Gasteiger partial charge in [-0.2, -0.15) is 5.26 Å². The van der Waals surface area contributed by atoms with E-state index in [-0.39, 0.29) is 17.2 Å². The van der Waals surface area contributed by atoms with Crippen molar-refractivity contribution in [3.8, 4) is 11.8 Å². The molecule has 0 aromatic heterocycles. The van der Waals surface area contributed by atoms with E-state index in [9.17, 15) is 9.90 Å². The first-order chi connectivity index (χ1) is 9.60. The van der Waals surface area contributed by atoms with Crippen molar-refractivity contribution in [2.75, 3.05) is 5.32 Å². The summed E-state index contributed by atoms with van der Waals surface area (Å²) < 4.78 is 0.701. The van der Waals surface area contributed by atoms with E-state index < -0.39 is 0 Å². The van der Waals surface area contributed by atoms with Crippen molar-refractivity contribution in [2.24, 2.45) is 0 Å². The van der Waals surface area contributed by atoms with Gasteiger partial charge in [-0.3, -0.25) is 4.79 Å². The second kappa shape index (κ2) is 6.22. The molecule has 0 unspecified atom stereocenters. The number of aromatic hydroxyl groups is 1. The molecule has 0 saturated heterocycles. The molecule has 100 valence electrons. The molecule has 2 aromatic carbocycles. The van der Waals surface area contributed by atoms with E-state index in [4.69, 9.17) is 5.26 Å².